The summed E-state index contributed by atoms with van der Waals surface area (Å²) in [6, 6.07) is 5.18. The minimum absolute atomic E-state index is 0.0955. The van der Waals surface area contributed by atoms with E-state index in [2.05, 4.69) is 4.98 Å². The van der Waals surface area contributed by atoms with E-state index in [1.807, 2.05) is 19.2 Å². The standard InChI is InChI=1S/C12H14N2O2/c1-7(13)4-9-6-14-11-5-8(12(15)16)2-3-10(9)11/h2-3,5-7,14H,4,13H2,1H3,(H,15,16)/t7-/m1/s1. The van der Waals surface area contributed by atoms with E-state index < -0.39 is 5.97 Å². The minimum Gasteiger partial charge on any atom is -0.478 e. The first-order chi connectivity index (χ1) is 7.58. The van der Waals surface area contributed by atoms with Crippen LogP contribution in [0, 0.1) is 0 Å². The first kappa shape index (κ1) is 10.7. The van der Waals surface area contributed by atoms with Gasteiger partial charge in [0.05, 0.1) is 5.56 Å². The molecule has 0 aliphatic heterocycles. The van der Waals surface area contributed by atoms with E-state index in [1.165, 1.54) is 0 Å². The van der Waals surface area contributed by atoms with Gasteiger partial charge in [-0.1, -0.05) is 6.07 Å². The summed E-state index contributed by atoms with van der Waals surface area (Å²) in [5, 5.41) is 9.91. The summed E-state index contributed by atoms with van der Waals surface area (Å²) < 4.78 is 0. The summed E-state index contributed by atoms with van der Waals surface area (Å²) in [6.45, 7) is 1.95. The van der Waals surface area contributed by atoms with Crippen LogP contribution < -0.4 is 5.73 Å². The average molecular weight is 218 g/mol. The van der Waals surface area contributed by atoms with E-state index in [9.17, 15) is 4.79 Å². The molecule has 16 heavy (non-hydrogen) atoms. The minimum atomic E-state index is -0.912. The molecule has 2 rings (SSSR count). The van der Waals surface area contributed by atoms with E-state index in [0.29, 0.717) is 5.56 Å². The number of aromatic carboxylic acids is 1. The first-order valence-corrected chi connectivity index (χ1v) is 5.17. The molecule has 0 saturated carbocycles. The molecule has 4 heteroatoms. The summed E-state index contributed by atoms with van der Waals surface area (Å²) in [6.07, 6.45) is 2.67. The van der Waals surface area contributed by atoms with Gasteiger partial charge in [-0.3, -0.25) is 0 Å². The number of carbonyl (C=O) groups is 1. The number of nitrogens with one attached hydrogen (secondary N) is 1. The number of aromatic amines is 1. The van der Waals surface area contributed by atoms with Gasteiger partial charge in [-0.2, -0.15) is 0 Å². The number of rotatable bonds is 3. The molecule has 0 radical (unpaired) electrons. The fourth-order valence-electron chi connectivity index (χ4n) is 1.84. The van der Waals surface area contributed by atoms with Crippen molar-refractivity contribution in [2.45, 2.75) is 19.4 Å². The molecular formula is C12H14N2O2. The highest BCUT2D eigenvalue weighted by molar-refractivity contribution is 5.94. The van der Waals surface area contributed by atoms with Gasteiger partial charge in [0.25, 0.3) is 0 Å². The molecule has 4 N–H and O–H groups in total. The molecule has 0 fully saturated rings. The predicted octanol–water partition coefficient (Wildman–Crippen LogP) is 1.76. The lowest BCUT2D eigenvalue weighted by molar-refractivity contribution is 0.0697. The second-order valence-corrected chi connectivity index (χ2v) is 4.06. The number of benzene rings is 1. The number of hydrogen-bond donors (Lipinski definition) is 3. The van der Waals surface area contributed by atoms with E-state index in [1.54, 1.807) is 12.1 Å². The SMILES string of the molecule is C[C@@H](N)Cc1c[nH]c2cc(C(=O)O)ccc12. The van der Waals surface area contributed by atoms with Gasteiger partial charge in [-0.15, -0.1) is 0 Å². The average Bonchev–Trinajstić information content (AvgIpc) is 2.60. The van der Waals surface area contributed by atoms with Crippen LogP contribution in [-0.2, 0) is 6.42 Å². The third kappa shape index (κ3) is 1.92. The second-order valence-electron chi connectivity index (χ2n) is 4.06. The van der Waals surface area contributed by atoms with Crippen molar-refractivity contribution in [1.82, 2.24) is 4.98 Å². The lowest BCUT2D eigenvalue weighted by Gasteiger charge is -2.03. The molecule has 1 heterocycles. The fraction of sp³-hybridized carbons (Fsp3) is 0.250. The van der Waals surface area contributed by atoms with E-state index in [4.69, 9.17) is 10.8 Å². The van der Waals surface area contributed by atoms with Crippen molar-refractivity contribution < 1.29 is 9.90 Å². The lowest BCUT2D eigenvalue weighted by atomic mass is 10.1. The van der Waals surface area contributed by atoms with Gasteiger partial charge in [0, 0.05) is 23.1 Å². The molecule has 1 atom stereocenters. The Labute approximate surface area is 93.1 Å². The molecule has 0 unspecified atom stereocenters. The molecule has 84 valence electrons. The third-order valence-corrected chi connectivity index (χ3v) is 2.56. The van der Waals surface area contributed by atoms with Crippen molar-refractivity contribution in [2.24, 2.45) is 5.73 Å². The van der Waals surface area contributed by atoms with Crippen molar-refractivity contribution >= 4 is 16.9 Å². The maximum atomic E-state index is 10.8. The molecule has 0 amide bonds. The summed E-state index contributed by atoms with van der Waals surface area (Å²) in [4.78, 5) is 13.9. The Morgan fingerprint density at radius 2 is 2.31 bits per heavy atom. The molecule has 0 aliphatic rings. The number of carboxylic acid groups (broad SMARTS) is 1. The topological polar surface area (TPSA) is 79.1 Å². The van der Waals surface area contributed by atoms with Crippen LogP contribution in [0.1, 0.15) is 22.8 Å². The van der Waals surface area contributed by atoms with E-state index in [0.717, 1.165) is 22.9 Å². The van der Waals surface area contributed by atoms with Crippen molar-refractivity contribution in [2.75, 3.05) is 0 Å². The smallest absolute Gasteiger partial charge is 0.335 e. The fourth-order valence-corrected chi connectivity index (χ4v) is 1.84. The quantitative estimate of drug-likeness (QED) is 0.734. The van der Waals surface area contributed by atoms with Crippen molar-refractivity contribution in [3.63, 3.8) is 0 Å². The van der Waals surface area contributed by atoms with Gasteiger partial charge < -0.3 is 15.8 Å². The zero-order valence-electron chi connectivity index (χ0n) is 9.03. The highest BCUT2D eigenvalue weighted by Gasteiger charge is 2.08. The third-order valence-electron chi connectivity index (χ3n) is 2.56. The predicted molar refractivity (Wildman–Crippen MR) is 62.6 cm³/mol. The van der Waals surface area contributed by atoms with Crippen molar-refractivity contribution in [3.8, 4) is 0 Å². The maximum absolute atomic E-state index is 10.8. The number of fused-ring (bicyclic) bond motifs is 1. The monoisotopic (exact) mass is 218 g/mol. The summed E-state index contributed by atoms with van der Waals surface area (Å²) in [5.74, 6) is -0.912. The molecule has 2 aromatic rings. The largest absolute Gasteiger partial charge is 0.478 e. The number of nitrogens with two attached hydrogens (primary N) is 1. The lowest BCUT2D eigenvalue weighted by Crippen LogP contribution is -2.17. The van der Waals surface area contributed by atoms with Crippen LogP contribution in [0.3, 0.4) is 0 Å². The Morgan fingerprint density at radius 1 is 1.56 bits per heavy atom. The highest BCUT2D eigenvalue weighted by atomic mass is 16.4. The Balaban J connectivity index is 2.46. The molecule has 1 aromatic carbocycles. The van der Waals surface area contributed by atoms with Gasteiger partial charge in [0.1, 0.15) is 0 Å². The Hall–Kier alpha value is -1.81. The second kappa shape index (κ2) is 3.98. The Morgan fingerprint density at radius 3 is 2.94 bits per heavy atom. The van der Waals surface area contributed by atoms with E-state index in [-0.39, 0.29) is 6.04 Å². The summed E-state index contributed by atoms with van der Waals surface area (Å²) >= 11 is 0. The first-order valence-electron chi connectivity index (χ1n) is 5.17. The maximum Gasteiger partial charge on any atom is 0.335 e. The van der Waals surface area contributed by atoms with Gasteiger partial charge >= 0.3 is 5.97 Å². The van der Waals surface area contributed by atoms with Crippen molar-refractivity contribution in [3.05, 3.63) is 35.5 Å². The molecule has 0 spiro atoms. The van der Waals surface area contributed by atoms with Gasteiger partial charge in [-0.05, 0) is 31.0 Å². The zero-order valence-corrected chi connectivity index (χ0v) is 9.03. The van der Waals surface area contributed by atoms with Crippen LogP contribution in [0.2, 0.25) is 0 Å². The molecular weight excluding hydrogens is 204 g/mol. The molecule has 0 bridgehead atoms. The van der Waals surface area contributed by atoms with Crippen LogP contribution in [0.25, 0.3) is 10.9 Å². The van der Waals surface area contributed by atoms with Crippen molar-refractivity contribution in [1.29, 1.82) is 0 Å². The number of carboxylic acids is 1. The Bertz CT molecular complexity index is 529. The molecule has 4 nitrogen and oxygen atoms in total. The van der Waals surface area contributed by atoms with Gasteiger partial charge in [0.15, 0.2) is 0 Å². The number of H-pyrrole nitrogens is 1. The molecule has 1 aromatic heterocycles. The summed E-state index contributed by atoms with van der Waals surface area (Å²) in [7, 11) is 0. The molecule has 0 aliphatic carbocycles. The Kier molecular flexibility index (Phi) is 2.66. The highest BCUT2D eigenvalue weighted by Crippen LogP contribution is 2.20. The van der Waals surface area contributed by atoms with Crippen LogP contribution in [0.5, 0.6) is 0 Å². The van der Waals surface area contributed by atoms with E-state index >= 15 is 0 Å². The normalized spacial score (nSPS) is 12.9. The van der Waals surface area contributed by atoms with Crippen LogP contribution in [-0.4, -0.2) is 22.1 Å². The van der Waals surface area contributed by atoms with Crippen LogP contribution in [0.15, 0.2) is 24.4 Å². The van der Waals surface area contributed by atoms with Crippen LogP contribution >= 0.6 is 0 Å². The summed E-state index contributed by atoms with van der Waals surface area (Å²) in [5.41, 5.74) is 8.01. The molecule has 0 saturated heterocycles. The van der Waals surface area contributed by atoms with Crippen LogP contribution in [0.4, 0.5) is 0 Å². The van der Waals surface area contributed by atoms with Gasteiger partial charge in [0.2, 0.25) is 0 Å². The number of aromatic nitrogens is 1. The number of hydrogen-bond acceptors (Lipinski definition) is 2. The van der Waals surface area contributed by atoms with Gasteiger partial charge in [-0.25, -0.2) is 4.79 Å². The zero-order chi connectivity index (χ0) is 11.7.